The quantitative estimate of drug-likeness (QED) is 0.842. The lowest BCUT2D eigenvalue weighted by Gasteiger charge is -2.23. The van der Waals surface area contributed by atoms with Crippen LogP contribution in [0.15, 0.2) is 30.3 Å². The van der Waals surface area contributed by atoms with Gasteiger partial charge in [0.2, 0.25) is 0 Å². The second kappa shape index (κ2) is 4.58. The molecule has 0 spiro atoms. The van der Waals surface area contributed by atoms with Crippen LogP contribution in [-0.2, 0) is 6.42 Å². The molecule has 1 N–H and O–H groups in total. The van der Waals surface area contributed by atoms with Crippen molar-refractivity contribution >= 4 is 11.8 Å². The standard InChI is InChI=1S/C13H19NS/c1-11-10-14-13(2,15-11)9-8-12-6-4-3-5-7-12/h3-7,11,14H,8-10H2,1-2H3. The number of thioether (sulfide) groups is 1. The molecule has 1 saturated heterocycles. The molecule has 2 atom stereocenters. The molecule has 1 aliphatic heterocycles. The van der Waals surface area contributed by atoms with Crippen LogP contribution in [0.4, 0.5) is 0 Å². The molecule has 2 unspecified atom stereocenters. The zero-order valence-corrected chi connectivity index (χ0v) is 10.3. The third kappa shape index (κ3) is 2.99. The molecule has 1 aliphatic rings. The third-order valence-electron chi connectivity index (χ3n) is 2.96. The molecule has 0 bridgehead atoms. The van der Waals surface area contributed by atoms with Gasteiger partial charge in [0.05, 0.1) is 4.87 Å². The van der Waals surface area contributed by atoms with Gasteiger partial charge in [0.25, 0.3) is 0 Å². The van der Waals surface area contributed by atoms with E-state index in [4.69, 9.17) is 0 Å². The summed E-state index contributed by atoms with van der Waals surface area (Å²) >= 11 is 2.08. The summed E-state index contributed by atoms with van der Waals surface area (Å²) < 4.78 is 0. The summed E-state index contributed by atoms with van der Waals surface area (Å²) in [6.07, 6.45) is 2.38. The lowest BCUT2D eigenvalue weighted by molar-refractivity contribution is 0.501. The van der Waals surface area contributed by atoms with Crippen LogP contribution in [0.25, 0.3) is 0 Å². The van der Waals surface area contributed by atoms with Gasteiger partial charge < -0.3 is 5.32 Å². The van der Waals surface area contributed by atoms with Crippen LogP contribution in [0.3, 0.4) is 0 Å². The first kappa shape index (κ1) is 11.0. The van der Waals surface area contributed by atoms with Crippen LogP contribution < -0.4 is 5.32 Å². The average molecular weight is 221 g/mol. The fraction of sp³-hybridized carbons (Fsp3) is 0.538. The summed E-state index contributed by atoms with van der Waals surface area (Å²) in [5.41, 5.74) is 1.45. The molecule has 1 heterocycles. The summed E-state index contributed by atoms with van der Waals surface area (Å²) in [6, 6.07) is 10.7. The van der Waals surface area contributed by atoms with Gasteiger partial charge in [-0.3, -0.25) is 0 Å². The third-order valence-corrected chi connectivity index (χ3v) is 4.40. The van der Waals surface area contributed by atoms with Gasteiger partial charge in [-0.1, -0.05) is 37.3 Å². The molecule has 0 aliphatic carbocycles. The van der Waals surface area contributed by atoms with Crippen molar-refractivity contribution in [3.8, 4) is 0 Å². The number of aryl methyl sites for hydroxylation is 1. The Morgan fingerprint density at radius 2 is 2.13 bits per heavy atom. The van der Waals surface area contributed by atoms with Crippen molar-refractivity contribution in [2.24, 2.45) is 0 Å². The largest absolute Gasteiger partial charge is 0.302 e. The summed E-state index contributed by atoms with van der Waals surface area (Å²) in [5.74, 6) is 0. The highest BCUT2D eigenvalue weighted by atomic mass is 32.2. The zero-order valence-electron chi connectivity index (χ0n) is 9.49. The van der Waals surface area contributed by atoms with Crippen LogP contribution in [0.1, 0.15) is 25.8 Å². The Morgan fingerprint density at radius 1 is 1.40 bits per heavy atom. The van der Waals surface area contributed by atoms with Crippen molar-refractivity contribution < 1.29 is 0 Å². The average Bonchev–Trinajstić information content (AvgIpc) is 2.58. The van der Waals surface area contributed by atoms with Crippen LogP contribution in [0, 0.1) is 0 Å². The highest BCUT2D eigenvalue weighted by molar-refractivity contribution is 8.01. The minimum Gasteiger partial charge on any atom is -0.302 e. The molecule has 0 saturated carbocycles. The molecule has 82 valence electrons. The number of hydrogen-bond donors (Lipinski definition) is 1. The Kier molecular flexibility index (Phi) is 3.37. The van der Waals surface area contributed by atoms with Crippen molar-refractivity contribution in [3.63, 3.8) is 0 Å². The maximum Gasteiger partial charge on any atom is 0.0623 e. The van der Waals surface area contributed by atoms with E-state index in [0.717, 1.165) is 11.8 Å². The van der Waals surface area contributed by atoms with E-state index in [0.29, 0.717) is 0 Å². The molecule has 1 nitrogen and oxygen atoms in total. The Morgan fingerprint density at radius 3 is 2.73 bits per heavy atom. The molecule has 1 aromatic carbocycles. The maximum atomic E-state index is 3.62. The molecule has 15 heavy (non-hydrogen) atoms. The van der Waals surface area contributed by atoms with E-state index in [1.807, 2.05) is 0 Å². The van der Waals surface area contributed by atoms with Gasteiger partial charge in [-0.15, -0.1) is 11.8 Å². The van der Waals surface area contributed by atoms with E-state index in [1.165, 1.54) is 18.4 Å². The lowest BCUT2D eigenvalue weighted by Crippen LogP contribution is -2.34. The van der Waals surface area contributed by atoms with Crippen molar-refractivity contribution in [2.75, 3.05) is 6.54 Å². The molecular formula is C13H19NS. The van der Waals surface area contributed by atoms with Gasteiger partial charge in [-0.05, 0) is 25.3 Å². The lowest BCUT2D eigenvalue weighted by atomic mass is 10.1. The van der Waals surface area contributed by atoms with Crippen LogP contribution in [-0.4, -0.2) is 16.7 Å². The van der Waals surface area contributed by atoms with Crippen molar-refractivity contribution in [1.29, 1.82) is 0 Å². The van der Waals surface area contributed by atoms with Crippen LogP contribution in [0.2, 0.25) is 0 Å². The second-order valence-electron chi connectivity index (χ2n) is 4.53. The molecule has 0 radical (unpaired) electrons. The fourth-order valence-electron chi connectivity index (χ4n) is 2.06. The van der Waals surface area contributed by atoms with E-state index < -0.39 is 0 Å². The van der Waals surface area contributed by atoms with Crippen LogP contribution in [0.5, 0.6) is 0 Å². The van der Waals surface area contributed by atoms with E-state index in [2.05, 4.69) is 61.3 Å². The van der Waals surface area contributed by atoms with E-state index in [9.17, 15) is 0 Å². The Labute approximate surface area is 96.7 Å². The highest BCUT2D eigenvalue weighted by Gasteiger charge is 2.32. The van der Waals surface area contributed by atoms with E-state index in [1.54, 1.807) is 0 Å². The Balaban J connectivity index is 1.88. The fourth-order valence-corrected chi connectivity index (χ4v) is 3.50. The first-order chi connectivity index (χ1) is 7.18. The molecule has 2 rings (SSSR count). The molecule has 0 amide bonds. The maximum absolute atomic E-state index is 3.62. The van der Waals surface area contributed by atoms with Crippen molar-refractivity contribution in [2.45, 2.75) is 36.8 Å². The second-order valence-corrected chi connectivity index (χ2v) is 6.47. The normalized spacial score (nSPS) is 30.7. The summed E-state index contributed by atoms with van der Waals surface area (Å²) in [5, 5.41) is 4.37. The van der Waals surface area contributed by atoms with Crippen LogP contribution >= 0.6 is 11.8 Å². The minimum atomic E-state index is 0.287. The Hall–Kier alpha value is -0.470. The number of benzene rings is 1. The number of hydrogen-bond acceptors (Lipinski definition) is 2. The van der Waals surface area contributed by atoms with Gasteiger partial charge in [0.1, 0.15) is 0 Å². The summed E-state index contributed by atoms with van der Waals surface area (Å²) in [4.78, 5) is 0.287. The van der Waals surface area contributed by atoms with Gasteiger partial charge >= 0.3 is 0 Å². The van der Waals surface area contributed by atoms with Crippen molar-refractivity contribution in [1.82, 2.24) is 5.32 Å². The summed E-state index contributed by atoms with van der Waals surface area (Å²) in [6.45, 7) is 5.77. The molecule has 2 heteroatoms. The van der Waals surface area contributed by atoms with Gasteiger partial charge in [0.15, 0.2) is 0 Å². The molecule has 0 aromatic heterocycles. The van der Waals surface area contributed by atoms with Gasteiger partial charge in [0, 0.05) is 11.8 Å². The first-order valence-corrected chi connectivity index (χ1v) is 6.53. The van der Waals surface area contributed by atoms with E-state index in [-0.39, 0.29) is 4.87 Å². The van der Waals surface area contributed by atoms with Gasteiger partial charge in [-0.25, -0.2) is 0 Å². The number of nitrogens with one attached hydrogen (secondary N) is 1. The van der Waals surface area contributed by atoms with E-state index >= 15 is 0 Å². The first-order valence-electron chi connectivity index (χ1n) is 5.65. The highest BCUT2D eigenvalue weighted by Crippen LogP contribution is 2.35. The van der Waals surface area contributed by atoms with Gasteiger partial charge in [-0.2, -0.15) is 0 Å². The monoisotopic (exact) mass is 221 g/mol. The van der Waals surface area contributed by atoms with Crippen molar-refractivity contribution in [3.05, 3.63) is 35.9 Å². The molecular weight excluding hydrogens is 202 g/mol. The molecule has 1 fully saturated rings. The predicted octanol–water partition coefficient (Wildman–Crippen LogP) is 3.06. The SMILES string of the molecule is CC1CNC(C)(CCc2ccccc2)S1. The number of rotatable bonds is 3. The molecule has 1 aromatic rings. The summed E-state index contributed by atoms with van der Waals surface area (Å²) in [7, 11) is 0. The topological polar surface area (TPSA) is 12.0 Å². The minimum absolute atomic E-state index is 0.287. The predicted molar refractivity (Wildman–Crippen MR) is 68.2 cm³/mol. The zero-order chi connectivity index (χ0) is 10.7. The Bertz CT molecular complexity index is 312. The smallest absolute Gasteiger partial charge is 0.0623 e.